The van der Waals surface area contributed by atoms with E-state index >= 15 is 0 Å². The van der Waals surface area contributed by atoms with Crippen LogP contribution in [0.2, 0.25) is 0 Å². The molecule has 25 heavy (non-hydrogen) atoms. The Hall–Kier alpha value is -2.20. The van der Waals surface area contributed by atoms with Crippen molar-refractivity contribution in [3.05, 3.63) is 41.0 Å². The topological polar surface area (TPSA) is 47.9 Å². The van der Waals surface area contributed by atoms with Gasteiger partial charge in [0.15, 0.2) is 11.5 Å². The van der Waals surface area contributed by atoms with Gasteiger partial charge in [-0.3, -0.25) is 0 Å². The van der Waals surface area contributed by atoms with Gasteiger partial charge in [-0.15, -0.1) is 0 Å². The van der Waals surface area contributed by atoms with Crippen LogP contribution >= 0.6 is 0 Å². The first-order chi connectivity index (χ1) is 11.9. The minimum absolute atomic E-state index is 0.614. The van der Waals surface area contributed by atoms with Gasteiger partial charge in [-0.05, 0) is 61.4 Å². The zero-order valence-corrected chi connectivity index (χ0v) is 15.6. The lowest BCUT2D eigenvalue weighted by Gasteiger charge is -2.22. The van der Waals surface area contributed by atoms with Gasteiger partial charge in [0.05, 0.1) is 26.9 Å². The van der Waals surface area contributed by atoms with Gasteiger partial charge in [0.25, 0.3) is 0 Å². The molecule has 0 aliphatic heterocycles. The maximum absolute atomic E-state index is 10.3. The van der Waals surface area contributed by atoms with Crippen LogP contribution in [-0.4, -0.2) is 26.4 Å². The fourth-order valence-corrected chi connectivity index (χ4v) is 3.59. The van der Waals surface area contributed by atoms with Gasteiger partial charge >= 0.3 is 0 Å². The number of methoxy groups -OCH3 is 3. The Morgan fingerprint density at radius 3 is 2.16 bits per heavy atom. The summed E-state index contributed by atoms with van der Waals surface area (Å²) in [7, 11) is 4.93. The predicted molar refractivity (Wildman–Crippen MR) is 98.8 cm³/mol. The van der Waals surface area contributed by atoms with Crippen LogP contribution in [0.25, 0.3) is 11.1 Å². The van der Waals surface area contributed by atoms with Gasteiger partial charge in [0, 0.05) is 5.56 Å². The minimum atomic E-state index is -0.855. The third-order valence-corrected chi connectivity index (χ3v) is 4.88. The summed E-state index contributed by atoms with van der Waals surface area (Å²) in [5, 5.41) is 10.3. The van der Waals surface area contributed by atoms with Crippen molar-refractivity contribution < 1.29 is 19.3 Å². The molecule has 0 heterocycles. The quantitative estimate of drug-likeness (QED) is 0.909. The number of benzene rings is 2. The number of aryl methyl sites for hydroxylation is 2. The number of ether oxygens (including phenoxy) is 3. The third-order valence-electron chi connectivity index (χ3n) is 4.88. The summed E-state index contributed by atoms with van der Waals surface area (Å²) in [4.78, 5) is 0. The van der Waals surface area contributed by atoms with Gasteiger partial charge < -0.3 is 19.3 Å². The molecule has 0 amide bonds. The van der Waals surface area contributed by atoms with Crippen molar-refractivity contribution in [3.63, 3.8) is 0 Å². The third kappa shape index (κ3) is 3.07. The average molecular weight is 342 g/mol. The Balaban J connectivity index is 2.28. The highest BCUT2D eigenvalue weighted by atomic mass is 16.5. The molecule has 1 aliphatic rings. The maximum atomic E-state index is 10.3. The lowest BCUT2D eigenvalue weighted by atomic mass is 9.90. The largest absolute Gasteiger partial charge is 0.493 e. The molecule has 0 unspecified atom stereocenters. The number of aliphatic hydroxyl groups is 1. The van der Waals surface area contributed by atoms with Gasteiger partial charge in [0.2, 0.25) is 5.75 Å². The summed E-state index contributed by atoms with van der Waals surface area (Å²) >= 11 is 0. The van der Waals surface area contributed by atoms with Gasteiger partial charge in [-0.25, -0.2) is 0 Å². The summed E-state index contributed by atoms with van der Waals surface area (Å²) in [6.07, 6.45) is 2.94. The van der Waals surface area contributed by atoms with E-state index < -0.39 is 5.60 Å². The molecule has 1 N–H and O–H groups in total. The van der Waals surface area contributed by atoms with Crippen LogP contribution in [0.15, 0.2) is 24.3 Å². The summed E-state index contributed by atoms with van der Waals surface area (Å²) in [5.41, 5.74) is 4.70. The molecular formula is C21H26O4. The number of hydrogen-bond acceptors (Lipinski definition) is 4. The number of fused-ring (bicyclic) bond motifs is 3. The monoisotopic (exact) mass is 342 g/mol. The van der Waals surface area contributed by atoms with Crippen LogP contribution in [0.5, 0.6) is 17.2 Å². The number of rotatable bonds is 4. The second-order valence-corrected chi connectivity index (χ2v) is 6.96. The van der Waals surface area contributed by atoms with Crippen LogP contribution in [0.1, 0.15) is 37.0 Å². The molecule has 1 aliphatic carbocycles. The molecule has 3 rings (SSSR count). The molecule has 0 saturated carbocycles. The molecule has 0 bridgehead atoms. The predicted octanol–water partition coefficient (Wildman–Crippen LogP) is 4.10. The van der Waals surface area contributed by atoms with E-state index in [1.165, 1.54) is 11.1 Å². The first-order valence-corrected chi connectivity index (χ1v) is 8.58. The molecule has 4 heteroatoms. The first-order valence-electron chi connectivity index (χ1n) is 8.58. The average Bonchev–Trinajstić information content (AvgIpc) is 2.77. The van der Waals surface area contributed by atoms with Crippen molar-refractivity contribution in [3.8, 4) is 28.4 Å². The van der Waals surface area contributed by atoms with Crippen molar-refractivity contribution in [2.75, 3.05) is 21.3 Å². The van der Waals surface area contributed by atoms with E-state index in [1.807, 2.05) is 19.9 Å². The highest BCUT2D eigenvalue weighted by Crippen LogP contribution is 2.49. The van der Waals surface area contributed by atoms with Gasteiger partial charge in [-0.2, -0.15) is 0 Å². The van der Waals surface area contributed by atoms with Crippen molar-refractivity contribution >= 4 is 0 Å². The Kier molecular flexibility index (Phi) is 4.65. The molecule has 0 saturated heterocycles. The molecule has 0 fully saturated rings. The summed E-state index contributed by atoms with van der Waals surface area (Å²) in [5.74, 6) is 2.01. The van der Waals surface area contributed by atoms with Crippen LogP contribution in [0.3, 0.4) is 0 Å². The van der Waals surface area contributed by atoms with E-state index in [9.17, 15) is 5.11 Å². The zero-order valence-electron chi connectivity index (χ0n) is 15.6. The molecule has 0 aromatic heterocycles. The fourth-order valence-electron chi connectivity index (χ4n) is 3.59. The molecular weight excluding hydrogens is 316 g/mol. The van der Waals surface area contributed by atoms with E-state index in [-0.39, 0.29) is 0 Å². The Morgan fingerprint density at radius 1 is 0.880 bits per heavy atom. The Morgan fingerprint density at radius 2 is 1.56 bits per heavy atom. The second-order valence-electron chi connectivity index (χ2n) is 6.96. The molecule has 134 valence electrons. The molecule has 2 aromatic carbocycles. The molecule has 0 radical (unpaired) electrons. The zero-order chi connectivity index (χ0) is 18.2. The Labute approximate surface area is 149 Å². The normalized spacial score (nSPS) is 13.5. The van der Waals surface area contributed by atoms with E-state index in [4.69, 9.17) is 14.2 Å². The van der Waals surface area contributed by atoms with Crippen molar-refractivity contribution in [2.24, 2.45) is 0 Å². The minimum Gasteiger partial charge on any atom is -0.493 e. The molecule has 2 aromatic rings. The summed E-state index contributed by atoms with van der Waals surface area (Å²) in [6, 6.07) is 8.24. The lowest BCUT2D eigenvalue weighted by Crippen LogP contribution is -2.15. The van der Waals surface area contributed by atoms with Crippen molar-refractivity contribution in [2.45, 2.75) is 38.7 Å². The van der Waals surface area contributed by atoms with Crippen molar-refractivity contribution in [1.82, 2.24) is 0 Å². The number of hydrogen-bond donors (Lipinski definition) is 1. The summed E-state index contributed by atoms with van der Waals surface area (Å²) in [6.45, 7) is 3.63. The highest BCUT2D eigenvalue weighted by molar-refractivity contribution is 5.82. The van der Waals surface area contributed by atoms with Gasteiger partial charge in [0.1, 0.15) is 0 Å². The van der Waals surface area contributed by atoms with Gasteiger partial charge in [-0.1, -0.05) is 18.2 Å². The second kappa shape index (κ2) is 6.60. The van der Waals surface area contributed by atoms with Crippen LogP contribution in [-0.2, 0) is 18.4 Å². The maximum Gasteiger partial charge on any atom is 0.203 e. The lowest BCUT2D eigenvalue weighted by molar-refractivity contribution is 0.0785. The smallest absolute Gasteiger partial charge is 0.203 e. The van der Waals surface area contributed by atoms with Crippen molar-refractivity contribution in [1.29, 1.82) is 0 Å². The van der Waals surface area contributed by atoms with E-state index in [0.29, 0.717) is 17.2 Å². The first kappa shape index (κ1) is 17.6. The molecule has 0 atom stereocenters. The standard InChI is InChI=1S/C21H26O4/c1-21(2,22)15-9-10-16-13(11-15)7-6-8-14-12-17(23-3)19(24-4)20(25-5)18(14)16/h9-12,22H,6-8H2,1-5H3. The van der Waals surface area contributed by atoms with E-state index in [2.05, 4.69) is 18.2 Å². The molecule has 0 spiro atoms. The van der Waals surface area contributed by atoms with Crippen LogP contribution in [0, 0.1) is 0 Å². The SMILES string of the molecule is COc1cc2c(c(OC)c1OC)-c1ccc(C(C)(C)O)cc1CCC2. The molecule has 4 nitrogen and oxygen atoms in total. The fraction of sp³-hybridized carbons (Fsp3) is 0.429. The Bertz CT molecular complexity index is 787. The van der Waals surface area contributed by atoms with E-state index in [1.54, 1.807) is 21.3 Å². The highest BCUT2D eigenvalue weighted by Gasteiger charge is 2.26. The van der Waals surface area contributed by atoms with Crippen LogP contribution in [0.4, 0.5) is 0 Å². The summed E-state index contributed by atoms with van der Waals surface area (Å²) < 4.78 is 16.8. The van der Waals surface area contributed by atoms with Crippen LogP contribution < -0.4 is 14.2 Å². The van der Waals surface area contributed by atoms with E-state index in [0.717, 1.165) is 36.0 Å².